The lowest BCUT2D eigenvalue weighted by Gasteiger charge is -2.29. The third-order valence-electron chi connectivity index (χ3n) is 10.7. The Morgan fingerprint density at radius 1 is 0.286 bits per heavy atom. The van der Waals surface area contributed by atoms with Gasteiger partial charge in [-0.2, -0.15) is 0 Å². The van der Waals surface area contributed by atoms with Gasteiger partial charge in [0.25, 0.3) is 0 Å². The van der Waals surface area contributed by atoms with Crippen molar-refractivity contribution in [2.24, 2.45) is 0 Å². The number of benzene rings is 9. The maximum atomic E-state index is 6.44. The third-order valence-corrected chi connectivity index (χ3v) is 10.7. The number of nitrogens with zero attached hydrogens (tertiary/aromatic N) is 1. The van der Waals surface area contributed by atoms with Crippen molar-refractivity contribution in [2.45, 2.75) is 0 Å². The molecule has 2 heteroatoms. The molecular weight excluding hydrogens is 679 g/mol. The molecule has 1 heterocycles. The van der Waals surface area contributed by atoms with Crippen molar-refractivity contribution in [1.82, 2.24) is 0 Å². The minimum atomic E-state index is 0.903. The number of fused-ring (bicyclic) bond motifs is 3. The zero-order valence-electron chi connectivity index (χ0n) is 30.7. The van der Waals surface area contributed by atoms with E-state index in [1.54, 1.807) is 0 Å². The van der Waals surface area contributed by atoms with E-state index in [-0.39, 0.29) is 0 Å². The van der Waals surface area contributed by atoms with E-state index in [1.165, 1.54) is 33.4 Å². The summed E-state index contributed by atoms with van der Waals surface area (Å²) >= 11 is 0. The van der Waals surface area contributed by atoms with E-state index in [0.717, 1.165) is 61.3 Å². The number of para-hydroxylation sites is 2. The van der Waals surface area contributed by atoms with E-state index in [9.17, 15) is 0 Å². The summed E-state index contributed by atoms with van der Waals surface area (Å²) in [6, 6.07) is 80.1. The molecule has 0 fully saturated rings. The second-order valence-corrected chi connectivity index (χ2v) is 14.1. The van der Waals surface area contributed by atoms with Crippen molar-refractivity contribution in [1.29, 1.82) is 0 Å². The van der Waals surface area contributed by atoms with Crippen molar-refractivity contribution in [3.8, 4) is 55.6 Å². The van der Waals surface area contributed by atoms with Gasteiger partial charge in [-0.15, -0.1) is 0 Å². The Balaban J connectivity index is 1.12. The molecule has 10 rings (SSSR count). The number of hydrogen-bond donors (Lipinski definition) is 0. The first kappa shape index (κ1) is 33.2. The van der Waals surface area contributed by atoms with E-state index in [1.807, 2.05) is 12.1 Å². The molecule has 10 aromatic rings. The highest BCUT2D eigenvalue weighted by molar-refractivity contribution is 6.09. The summed E-state index contributed by atoms with van der Waals surface area (Å²) in [6.07, 6.45) is 0. The molecule has 0 atom stereocenters. The summed E-state index contributed by atoms with van der Waals surface area (Å²) in [4.78, 5) is 2.38. The number of anilines is 3. The first-order valence-electron chi connectivity index (χ1n) is 19.1. The lowest BCUT2D eigenvalue weighted by atomic mass is 9.94. The summed E-state index contributed by atoms with van der Waals surface area (Å²) < 4.78 is 6.44. The van der Waals surface area contributed by atoms with E-state index >= 15 is 0 Å². The van der Waals surface area contributed by atoms with Crippen molar-refractivity contribution in [3.63, 3.8) is 0 Å². The Hall–Kier alpha value is -7.42. The molecule has 0 radical (unpaired) electrons. The quantitative estimate of drug-likeness (QED) is 0.156. The fourth-order valence-electron chi connectivity index (χ4n) is 7.89. The highest BCUT2D eigenvalue weighted by atomic mass is 16.3. The monoisotopic (exact) mass is 715 g/mol. The second-order valence-electron chi connectivity index (χ2n) is 14.1. The Kier molecular flexibility index (Phi) is 8.55. The lowest BCUT2D eigenvalue weighted by molar-refractivity contribution is 0.670. The number of furan rings is 1. The van der Waals surface area contributed by atoms with Crippen LogP contribution in [0.25, 0.3) is 77.6 Å². The Morgan fingerprint density at radius 3 is 1.41 bits per heavy atom. The van der Waals surface area contributed by atoms with Crippen LogP contribution in [-0.2, 0) is 0 Å². The normalized spacial score (nSPS) is 11.2. The largest absolute Gasteiger partial charge is 0.455 e. The SMILES string of the molecule is c1ccc(-c2ccc(N(c3ccc(-c4cccc5c4oc4ccccc45)cc3)c3ccc(-c4cccc(-c5ccccc5)c4)cc3-c3ccccc3)cc2)cc1. The zero-order chi connectivity index (χ0) is 37.3. The molecule has 2 nitrogen and oxygen atoms in total. The van der Waals surface area contributed by atoms with Crippen LogP contribution in [0.4, 0.5) is 17.1 Å². The van der Waals surface area contributed by atoms with Crippen molar-refractivity contribution < 1.29 is 4.42 Å². The van der Waals surface area contributed by atoms with Gasteiger partial charge in [0.1, 0.15) is 11.2 Å². The van der Waals surface area contributed by atoms with Crippen LogP contribution < -0.4 is 4.90 Å². The molecule has 0 unspecified atom stereocenters. The highest BCUT2D eigenvalue weighted by Crippen LogP contribution is 2.44. The molecule has 0 spiro atoms. The topological polar surface area (TPSA) is 16.4 Å². The average molecular weight is 716 g/mol. The van der Waals surface area contributed by atoms with Crippen molar-refractivity contribution >= 4 is 39.0 Å². The van der Waals surface area contributed by atoms with E-state index in [0.29, 0.717) is 0 Å². The van der Waals surface area contributed by atoms with Gasteiger partial charge in [0.05, 0.1) is 5.69 Å². The summed E-state index contributed by atoms with van der Waals surface area (Å²) in [5.41, 5.74) is 16.7. The molecule has 1 aromatic heterocycles. The second kappa shape index (κ2) is 14.4. The van der Waals surface area contributed by atoms with Crippen LogP contribution in [0.3, 0.4) is 0 Å². The first-order chi connectivity index (χ1) is 27.8. The van der Waals surface area contributed by atoms with Crippen LogP contribution in [0, 0.1) is 0 Å². The van der Waals surface area contributed by atoms with Gasteiger partial charge >= 0.3 is 0 Å². The van der Waals surface area contributed by atoms with Crippen molar-refractivity contribution in [3.05, 3.63) is 224 Å². The van der Waals surface area contributed by atoms with Crippen molar-refractivity contribution in [2.75, 3.05) is 4.90 Å². The van der Waals surface area contributed by atoms with Gasteiger partial charge in [0.15, 0.2) is 0 Å². The summed E-state index contributed by atoms with van der Waals surface area (Å²) in [5, 5.41) is 2.26. The first-order valence-corrected chi connectivity index (χ1v) is 19.1. The van der Waals surface area contributed by atoms with Gasteiger partial charge in [0, 0.05) is 33.3 Å². The predicted octanol–water partition coefficient (Wildman–Crippen LogP) is 15.4. The Labute approximate surface area is 327 Å². The number of rotatable bonds is 8. The molecule has 264 valence electrons. The molecule has 0 aliphatic carbocycles. The van der Waals surface area contributed by atoms with Gasteiger partial charge in [-0.1, -0.05) is 176 Å². The molecule has 56 heavy (non-hydrogen) atoms. The molecule has 9 aromatic carbocycles. The van der Waals surface area contributed by atoms with Gasteiger partial charge < -0.3 is 9.32 Å². The molecule has 0 aliphatic rings. The van der Waals surface area contributed by atoms with E-state index in [4.69, 9.17) is 4.42 Å². The summed E-state index contributed by atoms with van der Waals surface area (Å²) in [7, 11) is 0. The fourth-order valence-corrected chi connectivity index (χ4v) is 7.89. The third kappa shape index (κ3) is 6.24. The van der Waals surface area contributed by atoms with E-state index < -0.39 is 0 Å². The maximum Gasteiger partial charge on any atom is 0.143 e. The van der Waals surface area contributed by atoms with Crippen LogP contribution in [-0.4, -0.2) is 0 Å². The highest BCUT2D eigenvalue weighted by Gasteiger charge is 2.20. The molecule has 0 bridgehead atoms. The minimum Gasteiger partial charge on any atom is -0.455 e. The van der Waals surface area contributed by atoms with Gasteiger partial charge in [-0.25, -0.2) is 0 Å². The average Bonchev–Trinajstić information content (AvgIpc) is 3.67. The lowest BCUT2D eigenvalue weighted by Crippen LogP contribution is -2.11. The molecular formula is C54H37NO. The Bertz CT molecular complexity index is 2930. The molecule has 0 N–H and O–H groups in total. The van der Waals surface area contributed by atoms with Crippen LogP contribution in [0.15, 0.2) is 229 Å². The van der Waals surface area contributed by atoms with Crippen LogP contribution in [0.2, 0.25) is 0 Å². The van der Waals surface area contributed by atoms with E-state index in [2.05, 4.69) is 217 Å². The minimum absolute atomic E-state index is 0.903. The summed E-state index contributed by atoms with van der Waals surface area (Å²) in [6.45, 7) is 0. The standard InChI is InChI=1S/C54H37NO/c1-4-14-38(15-5-1)40-26-31-46(32-27-40)55(47-33-28-42(29-34-47)48-23-13-24-50-49-22-10-11-25-53(49)56-54(48)50)52-35-30-45(37-51(52)41-18-8-3-9-19-41)44-21-12-20-43(36-44)39-16-6-2-7-17-39/h1-37H. The van der Waals surface area contributed by atoms with Crippen LogP contribution >= 0.6 is 0 Å². The van der Waals surface area contributed by atoms with Gasteiger partial charge in [-0.3, -0.25) is 0 Å². The Morgan fingerprint density at radius 2 is 0.732 bits per heavy atom. The van der Waals surface area contributed by atoms with Gasteiger partial charge in [0.2, 0.25) is 0 Å². The fraction of sp³-hybridized carbons (Fsp3) is 0. The van der Waals surface area contributed by atoms with Gasteiger partial charge in [-0.05, 0) is 93.0 Å². The number of hydrogen-bond acceptors (Lipinski definition) is 2. The molecule has 0 amide bonds. The predicted molar refractivity (Wildman–Crippen MR) is 236 cm³/mol. The molecule has 0 saturated carbocycles. The van der Waals surface area contributed by atoms with Crippen LogP contribution in [0.5, 0.6) is 0 Å². The maximum absolute atomic E-state index is 6.44. The smallest absolute Gasteiger partial charge is 0.143 e. The van der Waals surface area contributed by atoms with Crippen LogP contribution in [0.1, 0.15) is 0 Å². The molecule has 0 aliphatic heterocycles. The zero-order valence-corrected chi connectivity index (χ0v) is 30.7. The summed E-state index contributed by atoms with van der Waals surface area (Å²) in [5.74, 6) is 0. The molecule has 0 saturated heterocycles.